The quantitative estimate of drug-likeness (QED) is 0.870. The highest BCUT2D eigenvalue weighted by Gasteiger charge is 2.17. The molecule has 22 heavy (non-hydrogen) atoms. The molecule has 0 aliphatic rings. The van der Waals surface area contributed by atoms with Gasteiger partial charge in [-0.05, 0) is 43.2 Å². The predicted octanol–water partition coefficient (Wildman–Crippen LogP) is 4.12. The number of nitrogens with one attached hydrogen (secondary N) is 1. The molecule has 116 valence electrons. The number of hydrogen-bond acceptors (Lipinski definition) is 2. The minimum atomic E-state index is -0.508. The zero-order valence-electron chi connectivity index (χ0n) is 12.8. The maximum absolute atomic E-state index is 12.2. The molecule has 0 fully saturated rings. The van der Waals surface area contributed by atoms with Crippen molar-refractivity contribution in [3.63, 3.8) is 0 Å². The van der Waals surface area contributed by atoms with Crippen molar-refractivity contribution in [3.8, 4) is 5.75 Å². The second-order valence-corrected chi connectivity index (χ2v) is 5.61. The Bertz CT molecular complexity index is 625. The molecule has 0 saturated heterocycles. The fourth-order valence-corrected chi connectivity index (χ4v) is 2.25. The summed E-state index contributed by atoms with van der Waals surface area (Å²) in [7, 11) is 0. The third-order valence-corrected chi connectivity index (χ3v) is 3.56. The van der Waals surface area contributed by atoms with Gasteiger partial charge in [0.15, 0.2) is 6.10 Å². The summed E-state index contributed by atoms with van der Waals surface area (Å²) in [5.41, 5.74) is 2.26. The molecule has 1 atom stereocenters. The number of ether oxygens (including phenoxy) is 1. The molecule has 4 heteroatoms. The highest BCUT2D eigenvalue weighted by atomic mass is 35.5. The molecule has 2 aromatic rings. The number of aryl methyl sites for hydroxylation is 1. The van der Waals surface area contributed by atoms with Gasteiger partial charge in [0.05, 0.1) is 0 Å². The van der Waals surface area contributed by atoms with Crippen molar-refractivity contribution in [2.45, 2.75) is 32.9 Å². The van der Waals surface area contributed by atoms with Crippen LogP contribution in [0.3, 0.4) is 0 Å². The van der Waals surface area contributed by atoms with Crippen molar-refractivity contribution >= 4 is 17.5 Å². The van der Waals surface area contributed by atoms with Crippen molar-refractivity contribution in [2.24, 2.45) is 0 Å². The van der Waals surface area contributed by atoms with E-state index in [1.807, 2.05) is 32.0 Å². The average molecular weight is 318 g/mol. The van der Waals surface area contributed by atoms with Crippen molar-refractivity contribution in [2.75, 3.05) is 0 Å². The first-order valence-corrected chi connectivity index (χ1v) is 7.71. The van der Waals surface area contributed by atoms with Crippen molar-refractivity contribution in [1.29, 1.82) is 0 Å². The number of amides is 1. The highest BCUT2D eigenvalue weighted by molar-refractivity contribution is 6.30. The molecule has 1 amide bonds. The number of hydrogen-bond donors (Lipinski definition) is 1. The second kappa shape index (κ2) is 7.85. The smallest absolute Gasteiger partial charge is 0.261 e. The Balaban J connectivity index is 1.92. The lowest BCUT2D eigenvalue weighted by atomic mass is 10.1. The molecule has 0 heterocycles. The summed E-state index contributed by atoms with van der Waals surface area (Å²) >= 11 is 5.84. The monoisotopic (exact) mass is 317 g/mol. The number of benzene rings is 2. The van der Waals surface area contributed by atoms with Gasteiger partial charge in [0.2, 0.25) is 0 Å². The van der Waals surface area contributed by atoms with Crippen LogP contribution in [0.2, 0.25) is 5.02 Å². The molecule has 0 aliphatic heterocycles. The van der Waals surface area contributed by atoms with Gasteiger partial charge >= 0.3 is 0 Å². The van der Waals surface area contributed by atoms with Crippen LogP contribution in [0.25, 0.3) is 0 Å². The summed E-state index contributed by atoms with van der Waals surface area (Å²) in [6.45, 7) is 4.46. The van der Waals surface area contributed by atoms with Crippen LogP contribution in [0.4, 0.5) is 0 Å². The van der Waals surface area contributed by atoms with E-state index in [0.717, 1.165) is 5.56 Å². The van der Waals surface area contributed by atoms with Gasteiger partial charge in [0, 0.05) is 11.6 Å². The van der Waals surface area contributed by atoms with E-state index in [2.05, 4.69) is 11.4 Å². The Labute approximate surface area is 136 Å². The van der Waals surface area contributed by atoms with Gasteiger partial charge in [0.25, 0.3) is 5.91 Å². The van der Waals surface area contributed by atoms with Gasteiger partial charge < -0.3 is 10.1 Å². The number of halogens is 1. The standard InChI is InChI=1S/C18H20ClNO2/c1-3-17(22-16-9-7-15(19)8-10-16)18(21)20-12-14-6-4-5-13(2)11-14/h4-11,17H,3,12H2,1-2H3,(H,20,21)/t17-/m0/s1. The Hall–Kier alpha value is -2.00. The van der Waals surface area contributed by atoms with E-state index < -0.39 is 6.10 Å². The van der Waals surface area contributed by atoms with Crippen molar-refractivity contribution in [1.82, 2.24) is 5.32 Å². The maximum Gasteiger partial charge on any atom is 0.261 e. The van der Waals surface area contributed by atoms with Crippen LogP contribution >= 0.6 is 11.6 Å². The van der Waals surface area contributed by atoms with Gasteiger partial charge in [-0.15, -0.1) is 0 Å². The van der Waals surface area contributed by atoms with Gasteiger partial charge in [0.1, 0.15) is 5.75 Å². The molecule has 1 N–H and O–H groups in total. The van der Waals surface area contributed by atoms with Crippen LogP contribution in [-0.2, 0) is 11.3 Å². The lowest BCUT2D eigenvalue weighted by Crippen LogP contribution is -2.37. The minimum absolute atomic E-state index is 0.112. The van der Waals surface area contributed by atoms with Crippen LogP contribution < -0.4 is 10.1 Å². The van der Waals surface area contributed by atoms with Gasteiger partial charge in [-0.1, -0.05) is 48.4 Å². The van der Waals surface area contributed by atoms with E-state index in [4.69, 9.17) is 16.3 Å². The van der Waals surface area contributed by atoms with Crippen molar-refractivity contribution in [3.05, 3.63) is 64.7 Å². The minimum Gasteiger partial charge on any atom is -0.481 e. The lowest BCUT2D eigenvalue weighted by molar-refractivity contribution is -0.128. The van der Waals surface area contributed by atoms with E-state index >= 15 is 0 Å². The number of carbonyl (C=O) groups excluding carboxylic acids is 1. The molecule has 2 aromatic carbocycles. The van der Waals surface area contributed by atoms with Gasteiger partial charge in [-0.25, -0.2) is 0 Å². The zero-order valence-corrected chi connectivity index (χ0v) is 13.6. The van der Waals surface area contributed by atoms with Gasteiger partial charge in [-0.3, -0.25) is 4.79 Å². The third kappa shape index (κ3) is 4.78. The zero-order chi connectivity index (χ0) is 15.9. The molecule has 3 nitrogen and oxygen atoms in total. The Kier molecular flexibility index (Phi) is 5.84. The molecule has 0 spiro atoms. The second-order valence-electron chi connectivity index (χ2n) is 5.18. The van der Waals surface area contributed by atoms with Crippen LogP contribution in [0.15, 0.2) is 48.5 Å². The molecule has 0 unspecified atom stereocenters. The molecule has 0 aromatic heterocycles. The summed E-state index contributed by atoms with van der Waals surface area (Å²) < 4.78 is 5.72. The first-order chi connectivity index (χ1) is 10.6. The Morgan fingerprint density at radius 1 is 1.23 bits per heavy atom. The van der Waals surface area contributed by atoms with Crippen molar-refractivity contribution < 1.29 is 9.53 Å². The fraction of sp³-hybridized carbons (Fsp3) is 0.278. The molecular weight excluding hydrogens is 298 g/mol. The number of carbonyl (C=O) groups is 1. The maximum atomic E-state index is 12.2. The van der Waals surface area contributed by atoms with E-state index in [1.165, 1.54) is 5.56 Å². The van der Waals surface area contributed by atoms with E-state index in [1.54, 1.807) is 24.3 Å². The normalized spacial score (nSPS) is 11.8. The molecule has 0 saturated carbocycles. The first kappa shape index (κ1) is 16.4. The first-order valence-electron chi connectivity index (χ1n) is 7.34. The lowest BCUT2D eigenvalue weighted by Gasteiger charge is -2.17. The largest absolute Gasteiger partial charge is 0.481 e. The third-order valence-electron chi connectivity index (χ3n) is 3.30. The van der Waals surface area contributed by atoms with Crippen LogP contribution in [0, 0.1) is 6.92 Å². The molecule has 2 rings (SSSR count). The molecule has 0 bridgehead atoms. The van der Waals surface area contributed by atoms with Crippen LogP contribution in [0.1, 0.15) is 24.5 Å². The highest BCUT2D eigenvalue weighted by Crippen LogP contribution is 2.17. The van der Waals surface area contributed by atoms with E-state index in [0.29, 0.717) is 23.7 Å². The van der Waals surface area contributed by atoms with E-state index in [9.17, 15) is 4.79 Å². The molecular formula is C18H20ClNO2. The van der Waals surface area contributed by atoms with E-state index in [-0.39, 0.29) is 5.91 Å². The van der Waals surface area contributed by atoms with Crippen LogP contribution in [0.5, 0.6) is 5.75 Å². The Morgan fingerprint density at radius 3 is 2.59 bits per heavy atom. The molecule has 0 radical (unpaired) electrons. The average Bonchev–Trinajstić information content (AvgIpc) is 2.52. The number of rotatable bonds is 6. The summed E-state index contributed by atoms with van der Waals surface area (Å²) in [6, 6.07) is 15.1. The summed E-state index contributed by atoms with van der Waals surface area (Å²) in [5.74, 6) is 0.529. The Morgan fingerprint density at radius 2 is 1.95 bits per heavy atom. The molecule has 0 aliphatic carbocycles. The predicted molar refractivity (Wildman–Crippen MR) is 89.2 cm³/mol. The van der Waals surface area contributed by atoms with Gasteiger partial charge in [-0.2, -0.15) is 0 Å². The fourth-order valence-electron chi connectivity index (χ4n) is 2.12. The summed E-state index contributed by atoms with van der Waals surface area (Å²) in [6.07, 6.45) is 0.0911. The summed E-state index contributed by atoms with van der Waals surface area (Å²) in [4.78, 5) is 12.2. The summed E-state index contributed by atoms with van der Waals surface area (Å²) in [5, 5.41) is 3.56. The SMILES string of the molecule is CC[C@H](Oc1ccc(Cl)cc1)C(=O)NCc1cccc(C)c1. The topological polar surface area (TPSA) is 38.3 Å². The van der Waals surface area contributed by atoms with Crippen LogP contribution in [-0.4, -0.2) is 12.0 Å².